The molecular formula is C8H14O4. The van der Waals surface area contributed by atoms with Gasteiger partial charge in [-0.25, -0.2) is 4.79 Å². The molecule has 1 fully saturated rings. The smallest absolute Gasteiger partial charge is 0.332 e. The average molecular weight is 174 g/mol. The molecular weight excluding hydrogens is 160 g/mol. The van der Waals surface area contributed by atoms with Crippen LogP contribution in [0.2, 0.25) is 0 Å². The van der Waals surface area contributed by atoms with Crippen LogP contribution in [-0.4, -0.2) is 30.6 Å². The molecule has 0 unspecified atom stereocenters. The van der Waals surface area contributed by atoms with Crippen LogP contribution in [0.1, 0.15) is 19.8 Å². The van der Waals surface area contributed by atoms with E-state index in [1.54, 1.807) is 0 Å². The third kappa shape index (κ3) is 3.69. The van der Waals surface area contributed by atoms with Crippen molar-refractivity contribution in [3.05, 3.63) is 0 Å². The van der Waals surface area contributed by atoms with E-state index in [0.29, 0.717) is 12.5 Å². The molecule has 1 rings (SSSR count). The lowest BCUT2D eigenvalue weighted by Crippen LogP contribution is -2.21. The van der Waals surface area contributed by atoms with E-state index in [9.17, 15) is 4.79 Å². The second-order valence-corrected chi connectivity index (χ2v) is 3.08. The summed E-state index contributed by atoms with van der Waals surface area (Å²) in [4.78, 5) is 10.3. The zero-order valence-electron chi connectivity index (χ0n) is 7.16. The zero-order valence-corrected chi connectivity index (χ0v) is 7.16. The van der Waals surface area contributed by atoms with E-state index in [1.807, 2.05) is 0 Å². The maximum absolute atomic E-state index is 10.3. The number of carbonyl (C=O) groups is 1. The first kappa shape index (κ1) is 9.48. The Morgan fingerprint density at radius 2 is 2.33 bits per heavy atom. The molecule has 1 aliphatic carbocycles. The van der Waals surface area contributed by atoms with Crippen molar-refractivity contribution >= 4 is 5.97 Å². The van der Waals surface area contributed by atoms with Crippen molar-refractivity contribution in [3.8, 4) is 0 Å². The van der Waals surface area contributed by atoms with Gasteiger partial charge in [-0.2, -0.15) is 0 Å². The summed E-state index contributed by atoms with van der Waals surface area (Å²) in [5.74, 6) is -0.265. The number of hydrogen-bond donors (Lipinski definition) is 1. The van der Waals surface area contributed by atoms with Crippen molar-refractivity contribution in [2.45, 2.75) is 25.9 Å². The fraction of sp³-hybridized carbons (Fsp3) is 0.875. The van der Waals surface area contributed by atoms with Crippen LogP contribution in [0.4, 0.5) is 0 Å². The highest BCUT2D eigenvalue weighted by atomic mass is 16.7. The minimum atomic E-state index is -0.954. The minimum Gasteiger partial charge on any atom is -0.479 e. The molecule has 1 saturated carbocycles. The van der Waals surface area contributed by atoms with E-state index in [1.165, 1.54) is 19.8 Å². The number of hydrogen-bond acceptors (Lipinski definition) is 3. The summed E-state index contributed by atoms with van der Waals surface area (Å²) in [6.45, 7) is 2.28. The van der Waals surface area contributed by atoms with Gasteiger partial charge in [0.2, 0.25) is 0 Å². The Bertz CT molecular complexity index is 153. The summed E-state index contributed by atoms with van der Waals surface area (Å²) in [6.07, 6.45) is 1.69. The summed E-state index contributed by atoms with van der Waals surface area (Å²) < 4.78 is 9.95. The molecule has 4 heteroatoms. The standard InChI is InChI=1S/C8H14O4/c1-6(8(9)10)12-5-11-4-7-2-3-7/h6-7H,2-5H2,1H3,(H,9,10)/t6-/m1/s1. The molecule has 0 amide bonds. The van der Waals surface area contributed by atoms with Crippen molar-refractivity contribution < 1.29 is 19.4 Å². The fourth-order valence-electron chi connectivity index (χ4n) is 0.721. The third-order valence-electron chi connectivity index (χ3n) is 1.80. The molecule has 4 nitrogen and oxygen atoms in total. The van der Waals surface area contributed by atoms with Crippen LogP contribution in [0.3, 0.4) is 0 Å². The van der Waals surface area contributed by atoms with Crippen LogP contribution >= 0.6 is 0 Å². The van der Waals surface area contributed by atoms with Crippen LogP contribution in [0.5, 0.6) is 0 Å². The van der Waals surface area contributed by atoms with Gasteiger partial charge in [-0.3, -0.25) is 0 Å². The topological polar surface area (TPSA) is 55.8 Å². The van der Waals surface area contributed by atoms with E-state index in [-0.39, 0.29) is 6.79 Å². The predicted octanol–water partition coefficient (Wildman–Crippen LogP) is 0.860. The molecule has 0 spiro atoms. The Kier molecular flexibility index (Phi) is 3.49. The Morgan fingerprint density at radius 3 is 2.83 bits per heavy atom. The Hall–Kier alpha value is -0.610. The molecule has 0 aromatic rings. The van der Waals surface area contributed by atoms with Gasteiger partial charge in [0.05, 0.1) is 6.61 Å². The summed E-state index contributed by atoms with van der Waals surface area (Å²) in [6, 6.07) is 0. The first-order chi connectivity index (χ1) is 5.70. The van der Waals surface area contributed by atoms with Gasteiger partial charge in [-0.1, -0.05) is 0 Å². The number of rotatable bonds is 6. The van der Waals surface area contributed by atoms with Crippen LogP contribution in [0, 0.1) is 5.92 Å². The van der Waals surface area contributed by atoms with Crippen LogP contribution in [0.25, 0.3) is 0 Å². The predicted molar refractivity (Wildman–Crippen MR) is 41.7 cm³/mol. The van der Waals surface area contributed by atoms with Crippen molar-refractivity contribution in [2.24, 2.45) is 5.92 Å². The number of ether oxygens (including phenoxy) is 2. The zero-order chi connectivity index (χ0) is 8.97. The first-order valence-corrected chi connectivity index (χ1v) is 4.12. The Morgan fingerprint density at radius 1 is 1.67 bits per heavy atom. The lowest BCUT2D eigenvalue weighted by atomic mass is 10.4. The minimum absolute atomic E-state index is 0.0873. The van der Waals surface area contributed by atoms with Crippen molar-refractivity contribution in [1.29, 1.82) is 0 Å². The van der Waals surface area contributed by atoms with E-state index >= 15 is 0 Å². The molecule has 1 aliphatic rings. The van der Waals surface area contributed by atoms with Gasteiger partial charge >= 0.3 is 5.97 Å². The second kappa shape index (κ2) is 4.42. The lowest BCUT2D eigenvalue weighted by Gasteiger charge is -2.08. The molecule has 0 aromatic heterocycles. The normalized spacial score (nSPS) is 19.1. The van der Waals surface area contributed by atoms with Gasteiger partial charge in [0, 0.05) is 0 Å². The van der Waals surface area contributed by atoms with Gasteiger partial charge in [0.1, 0.15) is 6.79 Å². The highest BCUT2D eigenvalue weighted by Gasteiger charge is 2.21. The van der Waals surface area contributed by atoms with E-state index in [4.69, 9.17) is 14.6 Å². The van der Waals surface area contributed by atoms with E-state index in [0.717, 1.165) is 0 Å². The third-order valence-corrected chi connectivity index (χ3v) is 1.80. The Balaban J connectivity index is 1.89. The highest BCUT2D eigenvalue weighted by molar-refractivity contribution is 5.71. The number of carboxylic acid groups (broad SMARTS) is 1. The molecule has 1 N–H and O–H groups in total. The average Bonchev–Trinajstić information content (AvgIpc) is 2.80. The Labute approximate surface area is 71.5 Å². The first-order valence-electron chi connectivity index (χ1n) is 4.12. The number of aliphatic carboxylic acids is 1. The summed E-state index contributed by atoms with van der Waals surface area (Å²) in [5, 5.41) is 8.42. The molecule has 70 valence electrons. The van der Waals surface area contributed by atoms with Gasteiger partial charge in [0.25, 0.3) is 0 Å². The summed E-state index contributed by atoms with van der Waals surface area (Å²) in [7, 11) is 0. The van der Waals surface area contributed by atoms with Crippen LogP contribution < -0.4 is 0 Å². The monoisotopic (exact) mass is 174 g/mol. The van der Waals surface area contributed by atoms with Crippen LogP contribution in [0.15, 0.2) is 0 Å². The SMILES string of the molecule is C[C@@H](OCOCC1CC1)C(=O)O. The van der Waals surface area contributed by atoms with Gasteiger partial charge in [0.15, 0.2) is 6.10 Å². The van der Waals surface area contributed by atoms with Crippen LogP contribution in [-0.2, 0) is 14.3 Å². The largest absolute Gasteiger partial charge is 0.479 e. The lowest BCUT2D eigenvalue weighted by molar-refractivity contribution is -0.159. The summed E-state index contributed by atoms with van der Waals surface area (Å²) >= 11 is 0. The molecule has 1 atom stereocenters. The number of carboxylic acids is 1. The van der Waals surface area contributed by atoms with E-state index in [2.05, 4.69) is 0 Å². The van der Waals surface area contributed by atoms with Crippen molar-refractivity contribution in [2.75, 3.05) is 13.4 Å². The van der Waals surface area contributed by atoms with Gasteiger partial charge in [-0.15, -0.1) is 0 Å². The van der Waals surface area contributed by atoms with Crippen molar-refractivity contribution in [1.82, 2.24) is 0 Å². The van der Waals surface area contributed by atoms with Gasteiger partial charge in [-0.05, 0) is 25.7 Å². The highest BCUT2D eigenvalue weighted by Crippen LogP contribution is 2.28. The molecule has 0 heterocycles. The quantitative estimate of drug-likeness (QED) is 0.479. The second-order valence-electron chi connectivity index (χ2n) is 3.08. The molecule has 0 radical (unpaired) electrons. The maximum atomic E-state index is 10.3. The molecule has 0 bridgehead atoms. The fourth-order valence-corrected chi connectivity index (χ4v) is 0.721. The summed E-state index contributed by atoms with van der Waals surface area (Å²) in [5.41, 5.74) is 0. The molecule has 12 heavy (non-hydrogen) atoms. The maximum Gasteiger partial charge on any atom is 0.332 e. The molecule has 0 aromatic carbocycles. The van der Waals surface area contributed by atoms with Gasteiger partial charge < -0.3 is 14.6 Å². The molecule has 0 aliphatic heterocycles. The molecule has 0 saturated heterocycles. The van der Waals surface area contributed by atoms with Crippen molar-refractivity contribution in [3.63, 3.8) is 0 Å². The van der Waals surface area contributed by atoms with E-state index < -0.39 is 12.1 Å².